The molecule has 0 bridgehead atoms. The van der Waals surface area contributed by atoms with Gasteiger partial charge in [0.25, 0.3) is 5.91 Å². The van der Waals surface area contributed by atoms with E-state index in [9.17, 15) is 18.0 Å². The molecule has 1 N–H and O–H groups in total. The normalized spacial score (nSPS) is 11.2. The van der Waals surface area contributed by atoms with Crippen molar-refractivity contribution in [2.45, 2.75) is 12.6 Å². The van der Waals surface area contributed by atoms with Gasteiger partial charge in [-0.2, -0.15) is 13.2 Å². The molecule has 0 aliphatic rings. The lowest BCUT2D eigenvalue weighted by atomic mass is 10.1. The number of halogens is 4. The van der Waals surface area contributed by atoms with E-state index in [1.807, 2.05) is 30.3 Å². The highest BCUT2D eigenvalue weighted by molar-refractivity contribution is 6.34. The summed E-state index contributed by atoms with van der Waals surface area (Å²) >= 11 is 5.93. The first-order chi connectivity index (χ1) is 13.8. The third-order valence-electron chi connectivity index (χ3n) is 4.14. The first kappa shape index (κ1) is 20.7. The Balaban J connectivity index is 1.66. The summed E-state index contributed by atoms with van der Waals surface area (Å²) < 4.78 is 44.3. The van der Waals surface area contributed by atoms with Crippen molar-refractivity contribution in [3.05, 3.63) is 94.5 Å². The molecular formula is C22H17ClF3NO2. The van der Waals surface area contributed by atoms with E-state index in [2.05, 4.69) is 5.32 Å². The number of rotatable bonds is 6. The maximum Gasteiger partial charge on any atom is 0.416 e. The maximum absolute atomic E-state index is 12.9. The van der Waals surface area contributed by atoms with Gasteiger partial charge in [0.15, 0.2) is 0 Å². The van der Waals surface area contributed by atoms with Crippen molar-refractivity contribution < 1.29 is 22.7 Å². The van der Waals surface area contributed by atoms with Crippen LogP contribution in [0.3, 0.4) is 0 Å². The number of alkyl halides is 3. The lowest BCUT2D eigenvalue weighted by Gasteiger charge is -2.12. The zero-order chi connectivity index (χ0) is 20.9. The molecule has 0 unspecified atom stereocenters. The van der Waals surface area contributed by atoms with Gasteiger partial charge in [0.2, 0.25) is 0 Å². The van der Waals surface area contributed by atoms with E-state index < -0.39 is 17.6 Å². The van der Waals surface area contributed by atoms with Gasteiger partial charge in [-0.1, -0.05) is 48.0 Å². The molecule has 0 saturated heterocycles. The predicted molar refractivity (Wildman–Crippen MR) is 106 cm³/mol. The van der Waals surface area contributed by atoms with Gasteiger partial charge in [0.05, 0.1) is 22.9 Å². The lowest BCUT2D eigenvalue weighted by Crippen LogP contribution is -2.14. The maximum atomic E-state index is 12.9. The number of anilines is 1. The van der Waals surface area contributed by atoms with Crippen molar-refractivity contribution >= 4 is 23.2 Å². The van der Waals surface area contributed by atoms with Gasteiger partial charge in [-0.3, -0.25) is 4.79 Å². The summed E-state index contributed by atoms with van der Waals surface area (Å²) in [6, 6.07) is 19.0. The van der Waals surface area contributed by atoms with E-state index in [1.54, 1.807) is 18.2 Å². The summed E-state index contributed by atoms with van der Waals surface area (Å²) in [4.78, 5) is 12.5. The van der Waals surface area contributed by atoms with Crippen LogP contribution in [0.1, 0.15) is 21.5 Å². The average Bonchev–Trinajstić information content (AvgIpc) is 2.70. The summed E-state index contributed by atoms with van der Waals surface area (Å²) in [5, 5.41) is 2.44. The Morgan fingerprint density at radius 1 is 0.966 bits per heavy atom. The minimum absolute atomic E-state index is 0.0154. The summed E-state index contributed by atoms with van der Waals surface area (Å²) in [7, 11) is 0. The van der Waals surface area contributed by atoms with Crippen LogP contribution in [0.4, 0.5) is 18.9 Å². The van der Waals surface area contributed by atoms with Gasteiger partial charge in [-0.05, 0) is 42.0 Å². The third-order valence-corrected chi connectivity index (χ3v) is 4.47. The van der Waals surface area contributed by atoms with Gasteiger partial charge in [-0.25, -0.2) is 0 Å². The van der Waals surface area contributed by atoms with Crippen molar-refractivity contribution in [1.82, 2.24) is 0 Å². The van der Waals surface area contributed by atoms with Crippen molar-refractivity contribution in [2.24, 2.45) is 0 Å². The van der Waals surface area contributed by atoms with Crippen LogP contribution in [0.25, 0.3) is 0 Å². The average molecular weight is 420 g/mol. The molecule has 3 nitrogen and oxygen atoms in total. The van der Waals surface area contributed by atoms with E-state index in [0.29, 0.717) is 18.8 Å². The SMILES string of the molecule is O=C(Nc1cc(C(F)(F)F)ccc1Cl)c1cccc(OCCc2ccccc2)c1. The summed E-state index contributed by atoms with van der Waals surface area (Å²) in [5.41, 5.74) is 0.369. The molecule has 3 rings (SSSR count). The number of carbonyl (C=O) groups excluding carboxylic acids is 1. The topological polar surface area (TPSA) is 38.3 Å². The minimum atomic E-state index is -4.53. The monoisotopic (exact) mass is 419 g/mol. The number of hydrogen-bond donors (Lipinski definition) is 1. The van der Waals surface area contributed by atoms with Crippen molar-refractivity contribution in [3.8, 4) is 5.75 Å². The molecule has 29 heavy (non-hydrogen) atoms. The van der Waals surface area contributed by atoms with Crippen molar-refractivity contribution in [3.63, 3.8) is 0 Å². The number of amides is 1. The van der Waals surface area contributed by atoms with Crippen LogP contribution in [0, 0.1) is 0 Å². The molecule has 0 heterocycles. The van der Waals surface area contributed by atoms with Gasteiger partial charge in [0.1, 0.15) is 5.75 Å². The van der Waals surface area contributed by atoms with Crippen LogP contribution in [0.15, 0.2) is 72.8 Å². The zero-order valence-electron chi connectivity index (χ0n) is 15.2. The van der Waals surface area contributed by atoms with E-state index in [1.165, 1.54) is 6.07 Å². The number of benzene rings is 3. The van der Waals surface area contributed by atoms with Crippen LogP contribution in [-0.4, -0.2) is 12.5 Å². The minimum Gasteiger partial charge on any atom is -0.493 e. The first-order valence-electron chi connectivity index (χ1n) is 8.78. The molecule has 0 saturated carbocycles. The standard InChI is InChI=1S/C22H17ClF3NO2/c23-19-10-9-17(22(24,25)26)14-20(19)27-21(28)16-7-4-8-18(13-16)29-12-11-15-5-2-1-3-6-15/h1-10,13-14H,11-12H2,(H,27,28). The fourth-order valence-corrected chi connectivity index (χ4v) is 2.82. The molecule has 0 fully saturated rings. The van der Waals surface area contributed by atoms with E-state index >= 15 is 0 Å². The van der Waals surface area contributed by atoms with Gasteiger partial charge in [-0.15, -0.1) is 0 Å². The van der Waals surface area contributed by atoms with Crippen LogP contribution < -0.4 is 10.1 Å². The molecule has 1 amide bonds. The molecule has 0 atom stereocenters. The van der Waals surface area contributed by atoms with Crippen molar-refractivity contribution in [2.75, 3.05) is 11.9 Å². The Bertz CT molecular complexity index is 991. The first-order valence-corrected chi connectivity index (χ1v) is 9.15. The molecule has 7 heteroatoms. The number of nitrogens with one attached hydrogen (secondary N) is 1. The highest BCUT2D eigenvalue weighted by Crippen LogP contribution is 2.34. The quantitative estimate of drug-likeness (QED) is 0.514. The van der Waals surface area contributed by atoms with E-state index in [4.69, 9.17) is 16.3 Å². The van der Waals surface area contributed by atoms with Gasteiger partial charge >= 0.3 is 6.18 Å². The Labute approximate surface area is 171 Å². The van der Waals surface area contributed by atoms with Gasteiger partial charge < -0.3 is 10.1 Å². The highest BCUT2D eigenvalue weighted by Gasteiger charge is 2.31. The lowest BCUT2D eigenvalue weighted by molar-refractivity contribution is -0.137. The molecule has 3 aromatic rings. The molecule has 0 aliphatic heterocycles. The summed E-state index contributed by atoms with van der Waals surface area (Å²) in [6.07, 6.45) is -3.83. The van der Waals surface area contributed by atoms with Gasteiger partial charge in [0, 0.05) is 12.0 Å². The zero-order valence-corrected chi connectivity index (χ0v) is 15.9. The summed E-state index contributed by atoms with van der Waals surface area (Å²) in [5.74, 6) is -0.0940. The molecule has 0 aliphatic carbocycles. The third kappa shape index (κ3) is 5.74. The Kier molecular flexibility index (Phi) is 6.44. The molecule has 3 aromatic carbocycles. The number of carbonyl (C=O) groups is 1. The number of ether oxygens (including phenoxy) is 1. The molecule has 0 spiro atoms. The highest BCUT2D eigenvalue weighted by atomic mass is 35.5. The fourth-order valence-electron chi connectivity index (χ4n) is 2.65. The fraction of sp³-hybridized carbons (Fsp3) is 0.136. The summed E-state index contributed by atoms with van der Waals surface area (Å²) in [6.45, 7) is 0.425. The van der Waals surface area contributed by atoms with Crippen molar-refractivity contribution in [1.29, 1.82) is 0 Å². The number of hydrogen-bond acceptors (Lipinski definition) is 2. The molecule has 0 radical (unpaired) electrons. The van der Waals surface area contributed by atoms with Crippen LogP contribution in [0.5, 0.6) is 5.75 Å². The van der Waals surface area contributed by atoms with E-state index in [0.717, 1.165) is 23.8 Å². The van der Waals surface area contributed by atoms with Crippen LogP contribution in [0.2, 0.25) is 5.02 Å². The largest absolute Gasteiger partial charge is 0.493 e. The van der Waals surface area contributed by atoms with Crippen LogP contribution in [-0.2, 0) is 12.6 Å². The Hall–Kier alpha value is -2.99. The Morgan fingerprint density at radius 3 is 2.45 bits per heavy atom. The second-order valence-corrected chi connectivity index (χ2v) is 6.67. The molecule has 0 aromatic heterocycles. The molecule has 150 valence electrons. The predicted octanol–water partition coefficient (Wildman–Crippen LogP) is 6.23. The van der Waals surface area contributed by atoms with E-state index in [-0.39, 0.29) is 16.3 Å². The Morgan fingerprint density at radius 2 is 1.72 bits per heavy atom. The van der Waals surface area contributed by atoms with Crippen LogP contribution >= 0.6 is 11.6 Å². The second-order valence-electron chi connectivity index (χ2n) is 6.26. The molecular weight excluding hydrogens is 403 g/mol. The second kappa shape index (κ2) is 9.01. The smallest absolute Gasteiger partial charge is 0.416 e.